The summed E-state index contributed by atoms with van der Waals surface area (Å²) in [5.74, 6) is 1.17. The van der Waals surface area contributed by atoms with Gasteiger partial charge >= 0.3 is 0 Å². The van der Waals surface area contributed by atoms with Crippen LogP contribution in [0.5, 0.6) is 0 Å². The van der Waals surface area contributed by atoms with Gasteiger partial charge in [-0.25, -0.2) is 8.42 Å². The minimum Gasteiger partial charge on any atom is -0.315 e. The van der Waals surface area contributed by atoms with E-state index < -0.39 is 9.84 Å². The predicted molar refractivity (Wildman–Crippen MR) is 115 cm³/mol. The second-order valence-electron chi connectivity index (χ2n) is 7.56. The molecule has 0 amide bonds. The molecule has 2 aliphatic heterocycles. The lowest BCUT2D eigenvalue weighted by Crippen LogP contribution is -2.39. The summed E-state index contributed by atoms with van der Waals surface area (Å²) in [5.41, 5.74) is 5.93. The van der Waals surface area contributed by atoms with E-state index in [1.54, 1.807) is 11.8 Å². The number of anilines is 1. The molecule has 0 unspecified atom stereocenters. The molecular formula is C21H24N2O2S2. The number of sulfone groups is 1. The van der Waals surface area contributed by atoms with E-state index in [2.05, 4.69) is 68.1 Å². The van der Waals surface area contributed by atoms with Gasteiger partial charge in [0.25, 0.3) is 0 Å². The van der Waals surface area contributed by atoms with Crippen LogP contribution >= 0.6 is 11.8 Å². The number of rotatable bonds is 3. The molecule has 2 aromatic rings. The third-order valence-corrected chi connectivity index (χ3v) is 7.94. The molecule has 2 atom stereocenters. The van der Waals surface area contributed by atoms with Gasteiger partial charge in [-0.05, 0) is 38.0 Å². The summed E-state index contributed by atoms with van der Waals surface area (Å²) in [6, 6.07) is 14.6. The fraction of sp³-hybridized carbons (Fsp3) is 0.381. The molecule has 6 heteroatoms. The van der Waals surface area contributed by atoms with Gasteiger partial charge in [0.15, 0.2) is 15.0 Å². The van der Waals surface area contributed by atoms with Gasteiger partial charge in [0, 0.05) is 11.4 Å². The Morgan fingerprint density at radius 3 is 2.44 bits per heavy atom. The van der Waals surface area contributed by atoms with E-state index in [1.807, 2.05) is 0 Å². The van der Waals surface area contributed by atoms with Crippen molar-refractivity contribution >= 4 is 32.5 Å². The van der Waals surface area contributed by atoms with Gasteiger partial charge in [-0.15, -0.1) is 0 Å². The Bertz CT molecular complexity index is 997. The zero-order valence-corrected chi connectivity index (χ0v) is 17.5. The molecule has 4 rings (SSSR count). The predicted octanol–water partition coefficient (Wildman–Crippen LogP) is 3.89. The van der Waals surface area contributed by atoms with E-state index in [9.17, 15) is 8.42 Å². The van der Waals surface area contributed by atoms with E-state index in [0.717, 1.165) is 22.2 Å². The molecule has 0 aromatic heterocycles. The molecule has 2 aromatic carbocycles. The lowest BCUT2D eigenvalue weighted by Gasteiger charge is -2.28. The monoisotopic (exact) mass is 400 g/mol. The maximum atomic E-state index is 12.2. The average Bonchev–Trinajstić information content (AvgIpc) is 3.06. The van der Waals surface area contributed by atoms with Crippen molar-refractivity contribution in [2.75, 3.05) is 16.4 Å². The first-order chi connectivity index (χ1) is 12.8. The summed E-state index contributed by atoms with van der Waals surface area (Å²) in [4.78, 5) is 7.00. The molecule has 2 aliphatic rings. The Morgan fingerprint density at radius 2 is 1.74 bits per heavy atom. The molecule has 1 fully saturated rings. The highest BCUT2D eigenvalue weighted by molar-refractivity contribution is 8.13. The Balaban J connectivity index is 1.64. The van der Waals surface area contributed by atoms with E-state index in [4.69, 9.17) is 4.99 Å². The summed E-state index contributed by atoms with van der Waals surface area (Å²) in [7, 11) is -3.02. The summed E-state index contributed by atoms with van der Waals surface area (Å²) >= 11 is 1.70. The van der Waals surface area contributed by atoms with Gasteiger partial charge in [-0.2, -0.15) is 0 Å². The lowest BCUT2D eigenvalue weighted by atomic mass is 10.1. The summed E-state index contributed by atoms with van der Waals surface area (Å²) < 4.78 is 24.4. The van der Waals surface area contributed by atoms with Crippen LogP contribution in [0.4, 0.5) is 5.69 Å². The van der Waals surface area contributed by atoms with Crippen molar-refractivity contribution in [3.8, 4) is 0 Å². The van der Waals surface area contributed by atoms with E-state index in [1.165, 1.54) is 16.7 Å². The largest absolute Gasteiger partial charge is 0.315 e. The van der Waals surface area contributed by atoms with Gasteiger partial charge in [-0.3, -0.25) is 4.99 Å². The molecule has 0 N–H and O–H groups in total. The summed E-state index contributed by atoms with van der Waals surface area (Å²) in [5, 5.41) is 0.937. The number of amidine groups is 1. The molecule has 4 nitrogen and oxygen atoms in total. The van der Waals surface area contributed by atoms with E-state index in [-0.39, 0.29) is 23.6 Å². The maximum absolute atomic E-state index is 12.2. The minimum atomic E-state index is -3.02. The maximum Gasteiger partial charge on any atom is 0.164 e. The number of aliphatic imine (C=N–C) groups is 1. The Labute approximate surface area is 165 Å². The quantitative estimate of drug-likeness (QED) is 0.784. The number of hydrogen-bond donors (Lipinski definition) is 0. The first-order valence-electron chi connectivity index (χ1n) is 9.15. The first kappa shape index (κ1) is 18.6. The third kappa shape index (κ3) is 3.78. The van der Waals surface area contributed by atoms with Gasteiger partial charge in [-0.1, -0.05) is 59.3 Å². The van der Waals surface area contributed by atoms with Gasteiger partial charge in [0.1, 0.15) is 0 Å². The number of nitrogens with zero attached hydrogens (tertiary/aromatic N) is 2. The van der Waals surface area contributed by atoms with Crippen molar-refractivity contribution in [2.45, 2.75) is 38.6 Å². The summed E-state index contributed by atoms with van der Waals surface area (Å²) in [6.07, 6.45) is 0. The summed E-state index contributed by atoms with van der Waals surface area (Å²) in [6.45, 7) is 6.24. The lowest BCUT2D eigenvalue weighted by molar-refractivity contribution is 0.601. The van der Waals surface area contributed by atoms with Crippen LogP contribution in [-0.4, -0.2) is 37.2 Å². The molecule has 0 spiro atoms. The van der Waals surface area contributed by atoms with Gasteiger partial charge in [0.2, 0.25) is 0 Å². The number of hydrogen-bond acceptors (Lipinski definition) is 5. The van der Waals surface area contributed by atoms with Crippen LogP contribution in [0.15, 0.2) is 47.5 Å². The van der Waals surface area contributed by atoms with Crippen LogP contribution < -0.4 is 4.90 Å². The first-order valence-corrected chi connectivity index (χ1v) is 12.0. The topological polar surface area (TPSA) is 49.7 Å². The highest BCUT2D eigenvalue weighted by atomic mass is 32.2. The van der Waals surface area contributed by atoms with E-state index in [0.29, 0.717) is 0 Å². The number of benzene rings is 2. The highest BCUT2D eigenvalue weighted by Crippen LogP contribution is 2.37. The van der Waals surface area contributed by atoms with Gasteiger partial charge in [0.05, 0.1) is 23.6 Å². The standard InChI is InChI=1S/C21H24N2O2S2/c1-14-4-7-17(8-5-14)11-26-21-22-18-12-27(24,25)13-20(18)23(21)19-9-6-15(2)10-16(19)3/h4-10,18,20H,11-13H2,1-3H3/t18-,20-/m0/s1. The number of fused-ring (bicyclic) bond motifs is 1. The van der Waals surface area contributed by atoms with Gasteiger partial charge < -0.3 is 4.90 Å². The molecule has 1 saturated heterocycles. The van der Waals surface area contributed by atoms with Crippen LogP contribution in [0.3, 0.4) is 0 Å². The SMILES string of the molecule is Cc1ccc(CSC2=N[C@H]3CS(=O)(=O)C[C@@H]3N2c2ccc(C)cc2C)cc1. The molecule has 0 bridgehead atoms. The van der Waals surface area contributed by atoms with Crippen LogP contribution in [-0.2, 0) is 15.6 Å². The van der Waals surface area contributed by atoms with Crippen molar-refractivity contribution in [2.24, 2.45) is 4.99 Å². The number of thioether (sulfide) groups is 1. The molecule has 27 heavy (non-hydrogen) atoms. The second kappa shape index (κ2) is 6.99. The van der Waals surface area contributed by atoms with Crippen LogP contribution in [0.25, 0.3) is 0 Å². The molecule has 142 valence electrons. The van der Waals surface area contributed by atoms with Crippen molar-refractivity contribution < 1.29 is 8.42 Å². The van der Waals surface area contributed by atoms with E-state index >= 15 is 0 Å². The molecule has 0 aliphatic carbocycles. The van der Waals surface area contributed by atoms with Crippen molar-refractivity contribution in [1.82, 2.24) is 0 Å². The third-order valence-electron chi connectivity index (χ3n) is 5.21. The molecule has 2 heterocycles. The van der Waals surface area contributed by atoms with Crippen molar-refractivity contribution in [1.29, 1.82) is 0 Å². The zero-order valence-electron chi connectivity index (χ0n) is 15.8. The Hall–Kier alpha value is -1.79. The zero-order chi connectivity index (χ0) is 19.2. The van der Waals surface area contributed by atoms with Crippen molar-refractivity contribution in [3.63, 3.8) is 0 Å². The minimum absolute atomic E-state index is 0.0862. The fourth-order valence-electron chi connectivity index (χ4n) is 3.82. The van der Waals surface area contributed by atoms with Crippen molar-refractivity contribution in [3.05, 3.63) is 64.7 Å². The average molecular weight is 401 g/mol. The van der Waals surface area contributed by atoms with Crippen LogP contribution in [0, 0.1) is 20.8 Å². The Morgan fingerprint density at radius 1 is 1.04 bits per heavy atom. The second-order valence-corrected chi connectivity index (χ2v) is 10.7. The molecular weight excluding hydrogens is 376 g/mol. The number of aryl methyl sites for hydroxylation is 3. The smallest absolute Gasteiger partial charge is 0.164 e. The fourth-order valence-corrected chi connectivity index (χ4v) is 6.74. The van der Waals surface area contributed by atoms with Crippen LogP contribution in [0.2, 0.25) is 0 Å². The van der Waals surface area contributed by atoms with Crippen LogP contribution in [0.1, 0.15) is 22.3 Å². The normalized spacial score (nSPS) is 23.4. The highest BCUT2D eigenvalue weighted by Gasteiger charge is 2.47. The molecule has 0 radical (unpaired) electrons. The molecule has 0 saturated carbocycles. The Kier molecular flexibility index (Phi) is 4.80.